The Bertz CT molecular complexity index is 680. The molecule has 0 N–H and O–H groups in total. The summed E-state index contributed by atoms with van der Waals surface area (Å²) >= 11 is 3.40. The number of aryl methyl sites for hydroxylation is 2. The second-order valence-electron chi connectivity index (χ2n) is 4.53. The third kappa shape index (κ3) is 2.91. The molecule has 19 heavy (non-hydrogen) atoms. The van der Waals surface area contributed by atoms with Gasteiger partial charge in [-0.25, -0.2) is 9.97 Å². The van der Waals surface area contributed by atoms with Gasteiger partial charge in [-0.15, -0.1) is 22.7 Å². The highest BCUT2D eigenvalue weighted by atomic mass is 32.1. The fourth-order valence-electron chi connectivity index (χ4n) is 1.89. The minimum atomic E-state index is 0.834. The van der Waals surface area contributed by atoms with Crippen molar-refractivity contribution in [3.63, 3.8) is 0 Å². The molecule has 0 atom stereocenters. The van der Waals surface area contributed by atoms with Gasteiger partial charge in [0, 0.05) is 22.7 Å². The van der Waals surface area contributed by atoms with Gasteiger partial charge in [-0.05, 0) is 13.8 Å². The highest BCUT2D eigenvalue weighted by Crippen LogP contribution is 2.24. The normalized spacial score (nSPS) is 10.8. The number of hydrogen-bond acceptors (Lipinski definition) is 4. The van der Waals surface area contributed by atoms with Crippen LogP contribution in [0.5, 0.6) is 0 Å². The maximum atomic E-state index is 4.70. The first-order chi connectivity index (χ1) is 9.20. The van der Waals surface area contributed by atoms with Gasteiger partial charge in [0.05, 0.1) is 21.4 Å². The van der Waals surface area contributed by atoms with Gasteiger partial charge in [0.25, 0.3) is 0 Å². The zero-order chi connectivity index (χ0) is 13.2. The topological polar surface area (TPSA) is 25.8 Å². The van der Waals surface area contributed by atoms with Crippen molar-refractivity contribution in [1.29, 1.82) is 0 Å². The molecule has 0 bridgehead atoms. The molecule has 2 nitrogen and oxygen atoms in total. The van der Waals surface area contributed by atoms with Crippen LogP contribution in [-0.4, -0.2) is 9.97 Å². The number of aromatic nitrogens is 2. The SMILES string of the molecule is Cc1ccc(-c2csc(Cc3csc(C)n3)n2)cc1. The van der Waals surface area contributed by atoms with E-state index in [1.165, 1.54) is 11.1 Å². The van der Waals surface area contributed by atoms with Crippen LogP contribution in [0.25, 0.3) is 11.3 Å². The Morgan fingerprint density at radius 2 is 1.74 bits per heavy atom. The summed E-state index contributed by atoms with van der Waals surface area (Å²) < 4.78 is 0. The van der Waals surface area contributed by atoms with Gasteiger partial charge in [0.2, 0.25) is 0 Å². The highest BCUT2D eigenvalue weighted by molar-refractivity contribution is 7.10. The lowest BCUT2D eigenvalue weighted by Crippen LogP contribution is -1.88. The molecule has 0 spiro atoms. The maximum Gasteiger partial charge on any atom is 0.0992 e. The van der Waals surface area contributed by atoms with E-state index in [4.69, 9.17) is 4.98 Å². The van der Waals surface area contributed by atoms with Crippen LogP contribution in [0.15, 0.2) is 35.0 Å². The summed E-state index contributed by atoms with van der Waals surface area (Å²) in [6.07, 6.45) is 0.834. The molecule has 0 saturated carbocycles. The second kappa shape index (κ2) is 5.23. The minimum absolute atomic E-state index is 0.834. The van der Waals surface area contributed by atoms with Gasteiger partial charge < -0.3 is 0 Å². The predicted octanol–water partition coefficient (Wildman–Crippen LogP) is 4.47. The maximum absolute atomic E-state index is 4.70. The summed E-state index contributed by atoms with van der Waals surface area (Å²) in [6, 6.07) is 8.50. The lowest BCUT2D eigenvalue weighted by atomic mass is 10.1. The summed E-state index contributed by atoms with van der Waals surface area (Å²) in [5, 5.41) is 6.48. The largest absolute Gasteiger partial charge is 0.246 e. The molecule has 4 heteroatoms. The van der Waals surface area contributed by atoms with Gasteiger partial charge in [-0.2, -0.15) is 0 Å². The van der Waals surface area contributed by atoms with Crippen LogP contribution in [-0.2, 0) is 6.42 Å². The molecule has 2 heterocycles. The summed E-state index contributed by atoms with van der Waals surface area (Å²) in [5.74, 6) is 0. The first-order valence-electron chi connectivity index (χ1n) is 6.13. The Kier molecular flexibility index (Phi) is 3.44. The smallest absolute Gasteiger partial charge is 0.0992 e. The quantitative estimate of drug-likeness (QED) is 0.709. The van der Waals surface area contributed by atoms with E-state index in [9.17, 15) is 0 Å². The van der Waals surface area contributed by atoms with Crippen LogP contribution in [0.4, 0.5) is 0 Å². The summed E-state index contributed by atoms with van der Waals surface area (Å²) in [6.45, 7) is 4.13. The lowest BCUT2D eigenvalue weighted by molar-refractivity contribution is 1.06. The first kappa shape index (κ1) is 12.5. The van der Waals surface area contributed by atoms with Crippen LogP contribution >= 0.6 is 22.7 Å². The van der Waals surface area contributed by atoms with Crippen LogP contribution in [0.1, 0.15) is 21.3 Å². The third-order valence-electron chi connectivity index (χ3n) is 2.90. The lowest BCUT2D eigenvalue weighted by Gasteiger charge is -1.97. The number of thiazole rings is 2. The molecule has 3 aromatic rings. The van der Waals surface area contributed by atoms with Gasteiger partial charge >= 0.3 is 0 Å². The average molecular weight is 286 g/mol. The van der Waals surface area contributed by atoms with Crippen LogP contribution in [0.3, 0.4) is 0 Å². The first-order valence-corrected chi connectivity index (χ1v) is 7.89. The van der Waals surface area contributed by atoms with E-state index in [0.717, 1.165) is 27.8 Å². The van der Waals surface area contributed by atoms with Crippen molar-refractivity contribution < 1.29 is 0 Å². The molecule has 0 saturated heterocycles. The molecule has 2 aromatic heterocycles. The zero-order valence-corrected chi connectivity index (χ0v) is 12.5. The standard InChI is InChI=1S/C15H14N2S2/c1-10-3-5-12(6-4-10)14-9-19-15(17-14)7-13-8-18-11(2)16-13/h3-6,8-9H,7H2,1-2H3. The van der Waals surface area contributed by atoms with Gasteiger partial charge in [0.1, 0.15) is 0 Å². The van der Waals surface area contributed by atoms with Crippen LogP contribution in [0, 0.1) is 13.8 Å². The number of benzene rings is 1. The second-order valence-corrected chi connectivity index (χ2v) is 6.53. The Morgan fingerprint density at radius 3 is 2.42 bits per heavy atom. The van der Waals surface area contributed by atoms with Crippen molar-refractivity contribution in [1.82, 2.24) is 9.97 Å². The van der Waals surface area contributed by atoms with E-state index in [2.05, 4.69) is 46.9 Å². The van der Waals surface area contributed by atoms with Crippen LogP contribution in [0.2, 0.25) is 0 Å². The van der Waals surface area contributed by atoms with Crippen molar-refractivity contribution in [3.05, 3.63) is 56.3 Å². The molecular weight excluding hydrogens is 272 g/mol. The molecule has 0 unspecified atom stereocenters. The van der Waals surface area contributed by atoms with Crippen molar-refractivity contribution in [2.45, 2.75) is 20.3 Å². The fourth-order valence-corrected chi connectivity index (χ4v) is 3.32. The van der Waals surface area contributed by atoms with Crippen molar-refractivity contribution in [3.8, 4) is 11.3 Å². The summed E-state index contributed by atoms with van der Waals surface area (Å²) in [7, 11) is 0. The average Bonchev–Trinajstić information content (AvgIpc) is 3.00. The van der Waals surface area contributed by atoms with Crippen molar-refractivity contribution in [2.75, 3.05) is 0 Å². The Labute approximate surface area is 120 Å². The number of rotatable bonds is 3. The van der Waals surface area contributed by atoms with E-state index in [1.54, 1.807) is 22.7 Å². The van der Waals surface area contributed by atoms with E-state index >= 15 is 0 Å². The Balaban J connectivity index is 1.81. The van der Waals surface area contributed by atoms with Gasteiger partial charge in [0.15, 0.2) is 0 Å². The molecule has 0 aliphatic carbocycles. The van der Waals surface area contributed by atoms with Gasteiger partial charge in [-0.3, -0.25) is 0 Å². The highest BCUT2D eigenvalue weighted by Gasteiger charge is 2.07. The molecule has 3 rings (SSSR count). The van der Waals surface area contributed by atoms with E-state index in [1.807, 2.05) is 6.92 Å². The minimum Gasteiger partial charge on any atom is -0.246 e. The van der Waals surface area contributed by atoms with Gasteiger partial charge in [-0.1, -0.05) is 29.8 Å². The van der Waals surface area contributed by atoms with Crippen molar-refractivity contribution >= 4 is 22.7 Å². The monoisotopic (exact) mass is 286 g/mol. The van der Waals surface area contributed by atoms with E-state index < -0.39 is 0 Å². The molecule has 0 amide bonds. The fraction of sp³-hybridized carbons (Fsp3) is 0.200. The molecule has 0 fully saturated rings. The summed E-state index contributed by atoms with van der Waals surface area (Å²) in [5.41, 5.74) is 4.64. The summed E-state index contributed by atoms with van der Waals surface area (Å²) in [4.78, 5) is 9.18. The molecule has 0 aliphatic heterocycles. The van der Waals surface area contributed by atoms with Crippen molar-refractivity contribution in [2.24, 2.45) is 0 Å². The molecule has 0 radical (unpaired) electrons. The van der Waals surface area contributed by atoms with Crippen LogP contribution < -0.4 is 0 Å². The Morgan fingerprint density at radius 1 is 0.947 bits per heavy atom. The molecule has 96 valence electrons. The molecule has 0 aliphatic rings. The third-order valence-corrected chi connectivity index (χ3v) is 4.57. The zero-order valence-electron chi connectivity index (χ0n) is 10.9. The number of nitrogens with zero attached hydrogens (tertiary/aromatic N) is 2. The Hall–Kier alpha value is -1.52. The molecular formula is C15H14N2S2. The molecule has 1 aromatic carbocycles. The predicted molar refractivity (Wildman–Crippen MR) is 81.9 cm³/mol. The number of hydrogen-bond donors (Lipinski definition) is 0. The van der Waals surface area contributed by atoms with E-state index in [-0.39, 0.29) is 0 Å². The van der Waals surface area contributed by atoms with E-state index in [0.29, 0.717) is 0 Å².